The van der Waals surface area contributed by atoms with Crippen LogP contribution in [0.3, 0.4) is 0 Å². The van der Waals surface area contributed by atoms with E-state index in [4.69, 9.17) is 5.26 Å². The number of non-ortho nitro benzene ring substituents is 1. The van der Waals surface area contributed by atoms with Gasteiger partial charge in [-0.2, -0.15) is 5.26 Å². The predicted molar refractivity (Wildman–Crippen MR) is 76.8 cm³/mol. The fourth-order valence-electron chi connectivity index (χ4n) is 1.92. The van der Waals surface area contributed by atoms with E-state index in [1.54, 1.807) is 12.1 Å². The first-order valence-electron chi connectivity index (χ1n) is 6.27. The highest BCUT2D eigenvalue weighted by Gasteiger charge is 2.11. The smallest absolute Gasteiger partial charge is 0.269 e. The molecule has 0 radical (unpaired) electrons. The maximum Gasteiger partial charge on any atom is 0.269 e. The molecule has 1 aromatic carbocycles. The molecule has 0 saturated heterocycles. The highest BCUT2D eigenvalue weighted by atomic mass is 16.6. The summed E-state index contributed by atoms with van der Waals surface area (Å²) >= 11 is 0. The molecule has 0 aliphatic heterocycles. The molecule has 2 rings (SSSR count). The number of hydrogen-bond acceptors (Lipinski definition) is 6. The number of aromatic nitrogens is 2. The average Bonchev–Trinajstić information content (AvgIpc) is 2.52. The average molecular weight is 283 g/mol. The van der Waals surface area contributed by atoms with E-state index in [0.29, 0.717) is 18.8 Å². The molecule has 0 saturated carbocycles. The Hall–Kier alpha value is -3.01. The monoisotopic (exact) mass is 283 g/mol. The normalized spacial score (nSPS) is 9.90. The van der Waals surface area contributed by atoms with E-state index in [0.717, 1.165) is 5.56 Å². The van der Waals surface area contributed by atoms with E-state index in [1.807, 2.05) is 24.1 Å². The Balaban J connectivity index is 2.08. The first-order valence-corrected chi connectivity index (χ1v) is 6.27. The maximum atomic E-state index is 10.7. The molecule has 0 atom stereocenters. The molecule has 0 aliphatic carbocycles. The van der Waals surface area contributed by atoms with Crippen molar-refractivity contribution in [2.24, 2.45) is 0 Å². The van der Waals surface area contributed by atoms with Crippen molar-refractivity contribution in [1.82, 2.24) is 9.97 Å². The minimum absolute atomic E-state index is 0.0763. The Labute approximate surface area is 121 Å². The van der Waals surface area contributed by atoms with E-state index < -0.39 is 4.92 Å². The van der Waals surface area contributed by atoms with Gasteiger partial charge < -0.3 is 4.90 Å². The molecule has 1 heterocycles. The van der Waals surface area contributed by atoms with Crippen LogP contribution in [0.5, 0.6) is 0 Å². The van der Waals surface area contributed by atoms with Crippen molar-refractivity contribution in [2.75, 3.05) is 18.5 Å². The quantitative estimate of drug-likeness (QED) is 0.614. The van der Waals surface area contributed by atoms with Gasteiger partial charge in [0.1, 0.15) is 6.07 Å². The summed E-state index contributed by atoms with van der Waals surface area (Å²) in [5.74, 6) is 0.505. The largest absolute Gasteiger partial charge is 0.357 e. The topological polar surface area (TPSA) is 95.9 Å². The van der Waals surface area contributed by atoms with Gasteiger partial charge in [-0.25, -0.2) is 9.97 Å². The fraction of sp³-hybridized carbons (Fsp3) is 0.214. The lowest BCUT2D eigenvalue weighted by molar-refractivity contribution is -0.384. The zero-order chi connectivity index (χ0) is 15.2. The van der Waals surface area contributed by atoms with Gasteiger partial charge in [-0.05, 0) is 12.0 Å². The number of benzene rings is 1. The maximum absolute atomic E-state index is 10.7. The summed E-state index contributed by atoms with van der Waals surface area (Å²) in [6.45, 7) is 0.578. The van der Waals surface area contributed by atoms with Crippen LogP contribution in [0.25, 0.3) is 0 Å². The second kappa shape index (κ2) is 6.43. The third-order valence-corrected chi connectivity index (χ3v) is 3.00. The second-order valence-corrected chi connectivity index (χ2v) is 4.44. The third kappa shape index (κ3) is 3.51. The van der Waals surface area contributed by atoms with E-state index in [1.165, 1.54) is 18.5 Å². The molecule has 0 fully saturated rings. The SMILES string of the molecule is CN(CCc1cccc([N+](=O)[O-])c1)c1nccnc1C#N. The van der Waals surface area contributed by atoms with Crippen molar-refractivity contribution < 1.29 is 4.92 Å². The van der Waals surface area contributed by atoms with Crippen LogP contribution >= 0.6 is 0 Å². The molecule has 2 aromatic rings. The zero-order valence-electron chi connectivity index (χ0n) is 11.4. The van der Waals surface area contributed by atoms with Crippen molar-refractivity contribution in [3.05, 3.63) is 58.0 Å². The van der Waals surface area contributed by atoms with Crippen LogP contribution in [0.1, 0.15) is 11.3 Å². The predicted octanol–water partition coefficient (Wildman–Crippen LogP) is 1.94. The van der Waals surface area contributed by atoms with Gasteiger partial charge in [0.2, 0.25) is 0 Å². The van der Waals surface area contributed by atoms with E-state index in [2.05, 4.69) is 9.97 Å². The van der Waals surface area contributed by atoms with E-state index >= 15 is 0 Å². The molecule has 7 heteroatoms. The molecule has 0 bridgehead atoms. The van der Waals surface area contributed by atoms with Crippen LogP contribution in [-0.2, 0) is 6.42 Å². The molecule has 0 amide bonds. The molecule has 106 valence electrons. The number of hydrogen-bond donors (Lipinski definition) is 0. The highest BCUT2D eigenvalue weighted by molar-refractivity contribution is 5.48. The standard InChI is InChI=1S/C14H13N5O2/c1-18(14-13(10-15)16-6-7-17-14)8-5-11-3-2-4-12(9-11)19(20)21/h2-4,6-7,9H,5,8H2,1H3. The molecule has 0 N–H and O–H groups in total. The van der Waals surface area contributed by atoms with Crippen molar-refractivity contribution in [3.8, 4) is 6.07 Å². The minimum Gasteiger partial charge on any atom is -0.357 e. The van der Waals surface area contributed by atoms with Gasteiger partial charge in [0.25, 0.3) is 5.69 Å². The molecule has 1 aromatic heterocycles. The summed E-state index contributed by atoms with van der Waals surface area (Å²) in [4.78, 5) is 20.2. The molecule has 0 aliphatic rings. The molecular formula is C14H13N5O2. The van der Waals surface area contributed by atoms with Gasteiger partial charge in [-0.15, -0.1) is 0 Å². The van der Waals surface area contributed by atoms with Gasteiger partial charge in [-0.3, -0.25) is 10.1 Å². The first kappa shape index (κ1) is 14.4. The summed E-state index contributed by atoms with van der Waals surface area (Å²) in [5, 5.41) is 19.7. The Morgan fingerprint density at radius 1 is 1.38 bits per heavy atom. The van der Waals surface area contributed by atoms with Crippen molar-refractivity contribution in [3.63, 3.8) is 0 Å². The summed E-state index contributed by atoms with van der Waals surface area (Å²) in [6, 6.07) is 8.51. The lowest BCUT2D eigenvalue weighted by Crippen LogP contribution is -2.22. The molecule has 0 unspecified atom stereocenters. The number of nitriles is 1. The summed E-state index contributed by atoms with van der Waals surface area (Å²) < 4.78 is 0. The Bertz CT molecular complexity index is 696. The Morgan fingerprint density at radius 3 is 2.86 bits per heavy atom. The summed E-state index contributed by atoms with van der Waals surface area (Å²) in [7, 11) is 1.81. The first-order chi connectivity index (χ1) is 10.1. The van der Waals surface area contributed by atoms with Gasteiger partial charge >= 0.3 is 0 Å². The van der Waals surface area contributed by atoms with Gasteiger partial charge in [0.05, 0.1) is 4.92 Å². The number of likely N-dealkylation sites (N-methyl/N-ethyl adjacent to an activating group) is 1. The van der Waals surface area contributed by atoms with Crippen LogP contribution in [0.4, 0.5) is 11.5 Å². The molecule has 21 heavy (non-hydrogen) atoms. The van der Waals surface area contributed by atoms with Gasteiger partial charge in [0.15, 0.2) is 11.5 Å². The van der Waals surface area contributed by atoms with Gasteiger partial charge in [0, 0.05) is 38.1 Å². The van der Waals surface area contributed by atoms with Crippen LogP contribution in [0.2, 0.25) is 0 Å². The number of nitrogens with zero attached hydrogens (tertiary/aromatic N) is 5. The Morgan fingerprint density at radius 2 is 2.14 bits per heavy atom. The van der Waals surface area contributed by atoms with E-state index in [-0.39, 0.29) is 11.4 Å². The number of nitro groups is 1. The lowest BCUT2D eigenvalue weighted by atomic mass is 10.1. The van der Waals surface area contributed by atoms with Crippen LogP contribution in [0.15, 0.2) is 36.7 Å². The summed E-state index contributed by atoms with van der Waals surface area (Å²) in [6.07, 6.45) is 3.61. The van der Waals surface area contributed by atoms with Gasteiger partial charge in [-0.1, -0.05) is 12.1 Å². The summed E-state index contributed by atoms with van der Waals surface area (Å²) in [5.41, 5.74) is 1.20. The minimum atomic E-state index is -0.413. The Kier molecular flexibility index (Phi) is 4.41. The van der Waals surface area contributed by atoms with Crippen molar-refractivity contribution >= 4 is 11.5 Å². The number of anilines is 1. The molecular weight excluding hydrogens is 270 g/mol. The van der Waals surface area contributed by atoms with Crippen LogP contribution < -0.4 is 4.90 Å². The molecule has 7 nitrogen and oxygen atoms in total. The highest BCUT2D eigenvalue weighted by Crippen LogP contribution is 2.16. The fourth-order valence-corrected chi connectivity index (χ4v) is 1.92. The van der Waals surface area contributed by atoms with Crippen LogP contribution in [-0.4, -0.2) is 28.5 Å². The van der Waals surface area contributed by atoms with Crippen molar-refractivity contribution in [1.29, 1.82) is 5.26 Å². The van der Waals surface area contributed by atoms with E-state index in [9.17, 15) is 10.1 Å². The molecule has 0 spiro atoms. The van der Waals surface area contributed by atoms with Crippen LogP contribution in [0, 0.1) is 21.4 Å². The number of rotatable bonds is 5. The van der Waals surface area contributed by atoms with Crippen molar-refractivity contribution in [2.45, 2.75) is 6.42 Å². The third-order valence-electron chi connectivity index (χ3n) is 3.00. The lowest BCUT2D eigenvalue weighted by Gasteiger charge is -2.18. The number of nitro benzene ring substituents is 1. The second-order valence-electron chi connectivity index (χ2n) is 4.44. The zero-order valence-corrected chi connectivity index (χ0v) is 11.4.